The second kappa shape index (κ2) is 8.53. The van der Waals surface area contributed by atoms with Crippen molar-refractivity contribution in [1.82, 2.24) is 19.9 Å². The van der Waals surface area contributed by atoms with Crippen molar-refractivity contribution in [2.75, 3.05) is 18.9 Å². The molecule has 1 fully saturated rings. The number of ether oxygens (including phenoxy) is 1. The number of pyridine rings is 1. The lowest BCUT2D eigenvalue weighted by molar-refractivity contribution is -0.119. The number of thioether (sulfide) groups is 1. The van der Waals surface area contributed by atoms with Crippen LogP contribution >= 0.6 is 11.8 Å². The van der Waals surface area contributed by atoms with Crippen molar-refractivity contribution in [2.45, 2.75) is 24.1 Å². The molecule has 0 aliphatic carbocycles. The van der Waals surface area contributed by atoms with Gasteiger partial charge >= 0.3 is 0 Å². The van der Waals surface area contributed by atoms with Crippen LogP contribution in [0.15, 0.2) is 58.6 Å². The summed E-state index contributed by atoms with van der Waals surface area (Å²) >= 11 is 1.22. The summed E-state index contributed by atoms with van der Waals surface area (Å²) in [6.07, 6.45) is 3.70. The van der Waals surface area contributed by atoms with Gasteiger partial charge in [-0.05, 0) is 37.1 Å². The van der Waals surface area contributed by atoms with Gasteiger partial charge in [-0.2, -0.15) is 0 Å². The number of aromatic nitrogens is 3. The van der Waals surface area contributed by atoms with E-state index >= 15 is 0 Å². The quantitative estimate of drug-likeness (QED) is 0.508. The molecule has 0 bridgehead atoms. The summed E-state index contributed by atoms with van der Waals surface area (Å²) in [5, 5.41) is 3.77. The van der Waals surface area contributed by atoms with Crippen LogP contribution < -0.4 is 10.9 Å². The highest BCUT2D eigenvalue weighted by molar-refractivity contribution is 7.99. The van der Waals surface area contributed by atoms with E-state index in [9.17, 15) is 9.59 Å². The van der Waals surface area contributed by atoms with E-state index in [1.54, 1.807) is 18.3 Å². The number of hydrogen-bond donors (Lipinski definition) is 1. The van der Waals surface area contributed by atoms with Crippen molar-refractivity contribution in [1.29, 1.82) is 0 Å². The smallest absolute Gasteiger partial charge is 0.268 e. The van der Waals surface area contributed by atoms with Gasteiger partial charge < -0.3 is 10.1 Å². The molecule has 1 amide bonds. The van der Waals surface area contributed by atoms with Crippen LogP contribution in [0.5, 0.6) is 0 Å². The normalized spacial score (nSPS) is 16.4. The fraction of sp³-hybridized carbons (Fsp3) is 0.300. The molecule has 0 saturated carbocycles. The number of nitrogens with zero attached hydrogens (tertiary/aromatic N) is 3. The number of carbonyl (C=O) groups excluding carboxylic acids is 1. The van der Waals surface area contributed by atoms with Gasteiger partial charge in [-0.3, -0.25) is 14.2 Å². The molecule has 8 heteroatoms. The highest BCUT2D eigenvalue weighted by atomic mass is 32.2. The molecule has 4 rings (SSSR count). The Balaban J connectivity index is 1.58. The van der Waals surface area contributed by atoms with E-state index in [0.717, 1.165) is 19.4 Å². The Morgan fingerprint density at radius 1 is 1.25 bits per heavy atom. The Bertz CT molecular complexity index is 1030. The summed E-state index contributed by atoms with van der Waals surface area (Å²) in [6.45, 7) is 1.27. The second-order valence-electron chi connectivity index (χ2n) is 6.47. The predicted molar refractivity (Wildman–Crippen MR) is 108 cm³/mol. The standard InChI is InChI=1S/C20H20N4O3S/c25-17(22-12-15-8-5-11-27-15)13-28-20-23-18-16(9-4-10-21-18)19(26)24(20)14-6-2-1-3-7-14/h1-4,6-7,9-10,15H,5,8,11-13H2,(H,22,25). The molecule has 1 saturated heterocycles. The topological polar surface area (TPSA) is 86.1 Å². The Labute approximate surface area is 166 Å². The molecule has 3 aromatic rings. The third kappa shape index (κ3) is 4.07. The number of carbonyl (C=O) groups is 1. The zero-order valence-electron chi connectivity index (χ0n) is 15.2. The van der Waals surface area contributed by atoms with Crippen molar-refractivity contribution in [3.05, 3.63) is 59.0 Å². The monoisotopic (exact) mass is 396 g/mol. The second-order valence-corrected chi connectivity index (χ2v) is 7.42. The van der Waals surface area contributed by atoms with E-state index < -0.39 is 0 Å². The van der Waals surface area contributed by atoms with Crippen LogP contribution in [-0.4, -0.2) is 45.5 Å². The molecule has 1 atom stereocenters. The average molecular weight is 396 g/mol. The molecule has 1 unspecified atom stereocenters. The molecule has 28 heavy (non-hydrogen) atoms. The van der Waals surface area contributed by atoms with Crippen molar-refractivity contribution >= 4 is 28.7 Å². The maximum absolute atomic E-state index is 13.0. The van der Waals surface area contributed by atoms with Crippen molar-refractivity contribution < 1.29 is 9.53 Å². The van der Waals surface area contributed by atoms with Gasteiger partial charge in [0.15, 0.2) is 10.8 Å². The largest absolute Gasteiger partial charge is 0.376 e. The minimum absolute atomic E-state index is 0.0967. The number of nitrogens with one attached hydrogen (secondary N) is 1. The molecule has 0 radical (unpaired) electrons. The summed E-state index contributed by atoms with van der Waals surface area (Å²) < 4.78 is 7.05. The molecular weight excluding hydrogens is 376 g/mol. The van der Waals surface area contributed by atoms with Crippen LogP contribution in [-0.2, 0) is 9.53 Å². The van der Waals surface area contributed by atoms with Crippen molar-refractivity contribution in [3.8, 4) is 5.69 Å². The van der Waals surface area contributed by atoms with Gasteiger partial charge in [-0.25, -0.2) is 9.97 Å². The molecule has 1 aliphatic rings. The SMILES string of the molecule is O=C(CSc1nc2ncccc2c(=O)n1-c1ccccc1)NCC1CCCO1. The van der Waals surface area contributed by atoms with Gasteiger partial charge in [0, 0.05) is 19.3 Å². The lowest BCUT2D eigenvalue weighted by Crippen LogP contribution is -2.33. The number of hydrogen-bond acceptors (Lipinski definition) is 6. The summed E-state index contributed by atoms with van der Waals surface area (Å²) in [7, 11) is 0. The van der Waals surface area contributed by atoms with Gasteiger partial charge in [0.1, 0.15) is 0 Å². The van der Waals surface area contributed by atoms with E-state index in [1.807, 2.05) is 30.3 Å². The Morgan fingerprint density at radius 2 is 2.11 bits per heavy atom. The van der Waals surface area contributed by atoms with E-state index in [4.69, 9.17) is 4.74 Å². The van der Waals surface area contributed by atoms with E-state index in [0.29, 0.717) is 28.4 Å². The van der Waals surface area contributed by atoms with Crippen LogP contribution in [0.25, 0.3) is 16.7 Å². The molecule has 7 nitrogen and oxygen atoms in total. The summed E-state index contributed by atoms with van der Waals surface area (Å²) in [6, 6.07) is 12.7. The van der Waals surface area contributed by atoms with Gasteiger partial charge in [-0.1, -0.05) is 30.0 Å². The van der Waals surface area contributed by atoms with Crippen LogP contribution in [0.4, 0.5) is 0 Å². The first-order chi connectivity index (χ1) is 13.7. The van der Waals surface area contributed by atoms with E-state index in [2.05, 4.69) is 15.3 Å². The zero-order chi connectivity index (χ0) is 19.3. The maximum Gasteiger partial charge on any atom is 0.268 e. The van der Waals surface area contributed by atoms with Gasteiger partial charge in [0.2, 0.25) is 5.91 Å². The van der Waals surface area contributed by atoms with Crippen LogP contribution in [0.3, 0.4) is 0 Å². The van der Waals surface area contributed by atoms with E-state index in [1.165, 1.54) is 16.3 Å². The molecule has 144 valence electrons. The van der Waals surface area contributed by atoms with Gasteiger partial charge in [0.25, 0.3) is 5.56 Å². The summed E-state index contributed by atoms with van der Waals surface area (Å²) in [4.78, 5) is 34.0. The molecule has 3 heterocycles. The third-order valence-electron chi connectivity index (χ3n) is 4.51. The first-order valence-corrected chi connectivity index (χ1v) is 10.2. The maximum atomic E-state index is 13.0. The minimum atomic E-state index is -0.202. The Morgan fingerprint density at radius 3 is 2.89 bits per heavy atom. The van der Waals surface area contributed by atoms with Gasteiger partial charge in [0.05, 0.1) is 22.9 Å². The van der Waals surface area contributed by atoms with Crippen LogP contribution in [0, 0.1) is 0 Å². The number of para-hydroxylation sites is 1. The minimum Gasteiger partial charge on any atom is -0.376 e. The first-order valence-electron chi connectivity index (χ1n) is 9.16. The van der Waals surface area contributed by atoms with E-state index in [-0.39, 0.29) is 23.3 Å². The fourth-order valence-corrected chi connectivity index (χ4v) is 3.95. The average Bonchev–Trinajstić information content (AvgIpc) is 3.25. The molecule has 0 spiro atoms. The fourth-order valence-electron chi connectivity index (χ4n) is 3.12. The van der Waals surface area contributed by atoms with Crippen LogP contribution in [0.1, 0.15) is 12.8 Å². The third-order valence-corrected chi connectivity index (χ3v) is 5.45. The summed E-state index contributed by atoms with van der Waals surface area (Å²) in [5.74, 6) is 0.0418. The zero-order valence-corrected chi connectivity index (χ0v) is 16.0. The highest BCUT2D eigenvalue weighted by Gasteiger charge is 2.18. The van der Waals surface area contributed by atoms with Crippen molar-refractivity contribution in [2.24, 2.45) is 0 Å². The highest BCUT2D eigenvalue weighted by Crippen LogP contribution is 2.20. The van der Waals surface area contributed by atoms with Crippen LogP contribution in [0.2, 0.25) is 0 Å². The predicted octanol–water partition coefficient (Wildman–Crippen LogP) is 2.17. The number of amides is 1. The molecule has 1 N–H and O–H groups in total. The Hall–Kier alpha value is -2.71. The number of benzene rings is 1. The summed E-state index contributed by atoms with van der Waals surface area (Å²) in [5.41, 5.74) is 0.876. The molecule has 1 aliphatic heterocycles. The molecule has 2 aromatic heterocycles. The number of fused-ring (bicyclic) bond motifs is 1. The van der Waals surface area contributed by atoms with Crippen molar-refractivity contribution in [3.63, 3.8) is 0 Å². The molecular formula is C20H20N4O3S. The number of rotatable bonds is 6. The Kier molecular flexibility index (Phi) is 5.68. The lowest BCUT2D eigenvalue weighted by Gasteiger charge is -2.13. The molecule has 1 aromatic carbocycles. The van der Waals surface area contributed by atoms with Gasteiger partial charge in [-0.15, -0.1) is 0 Å². The lowest BCUT2D eigenvalue weighted by atomic mass is 10.2. The first kappa shape index (κ1) is 18.6.